The number of hydrogen-bond donors (Lipinski definition) is 2. The molecule has 1 aromatic carbocycles. The quantitative estimate of drug-likeness (QED) is 0.503. The van der Waals surface area contributed by atoms with Gasteiger partial charge in [-0.05, 0) is 11.6 Å². The summed E-state index contributed by atoms with van der Waals surface area (Å²) in [4.78, 5) is 26.0. The number of nitriles is 1. The Bertz CT molecular complexity index is 1260. The van der Waals surface area contributed by atoms with Crippen LogP contribution in [-0.4, -0.2) is 48.6 Å². The van der Waals surface area contributed by atoms with E-state index in [0.717, 1.165) is 22.3 Å². The third-order valence-electron chi connectivity index (χ3n) is 5.61. The molecule has 4 heterocycles. The Balaban J connectivity index is 1.31. The predicted octanol–water partition coefficient (Wildman–Crippen LogP) is 2.59. The van der Waals surface area contributed by atoms with Crippen LogP contribution in [0.15, 0.2) is 61.3 Å². The number of aromatic nitrogens is 5. The van der Waals surface area contributed by atoms with E-state index in [-0.39, 0.29) is 12.3 Å². The van der Waals surface area contributed by atoms with Crippen LogP contribution in [0.2, 0.25) is 0 Å². The van der Waals surface area contributed by atoms with Crippen molar-refractivity contribution in [1.82, 2.24) is 29.6 Å². The fourth-order valence-electron chi connectivity index (χ4n) is 3.96. The Kier molecular flexibility index (Phi) is 4.59. The smallest absolute Gasteiger partial charge is 0.227 e. The Morgan fingerprint density at radius 3 is 2.87 bits per heavy atom. The molecule has 9 heteroatoms. The highest BCUT2D eigenvalue weighted by atomic mass is 16.2. The molecule has 1 aliphatic heterocycles. The van der Waals surface area contributed by atoms with Crippen LogP contribution in [0.1, 0.15) is 12.0 Å². The zero-order valence-corrected chi connectivity index (χ0v) is 16.7. The fourth-order valence-corrected chi connectivity index (χ4v) is 3.96. The molecule has 9 nitrogen and oxygen atoms in total. The molecule has 0 saturated carbocycles. The molecular weight excluding hydrogens is 392 g/mol. The van der Waals surface area contributed by atoms with Crippen LogP contribution in [0.5, 0.6) is 0 Å². The van der Waals surface area contributed by atoms with Crippen LogP contribution in [0.3, 0.4) is 0 Å². The van der Waals surface area contributed by atoms with E-state index in [1.54, 1.807) is 15.8 Å². The van der Waals surface area contributed by atoms with E-state index in [1.165, 1.54) is 6.33 Å². The summed E-state index contributed by atoms with van der Waals surface area (Å²) >= 11 is 0. The number of rotatable bonds is 6. The molecule has 1 fully saturated rings. The number of anilines is 2. The summed E-state index contributed by atoms with van der Waals surface area (Å²) in [6.07, 6.45) is 7.50. The van der Waals surface area contributed by atoms with Crippen LogP contribution in [-0.2, 0) is 16.8 Å². The van der Waals surface area contributed by atoms with Gasteiger partial charge >= 0.3 is 0 Å². The van der Waals surface area contributed by atoms with E-state index in [0.29, 0.717) is 25.3 Å². The molecule has 3 aromatic heterocycles. The Morgan fingerprint density at radius 1 is 1.23 bits per heavy atom. The van der Waals surface area contributed by atoms with Crippen molar-refractivity contribution < 1.29 is 4.79 Å². The average Bonchev–Trinajstić information content (AvgIpc) is 3.41. The number of aromatic amines is 1. The molecule has 1 amide bonds. The maximum atomic E-state index is 12.6. The van der Waals surface area contributed by atoms with Gasteiger partial charge < -0.3 is 15.2 Å². The van der Waals surface area contributed by atoms with Crippen molar-refractivity contribution in [3.05, 3.63) is 66.9 Å². The summed E-state index contributed by atoms with van der Waals surface area (Å²) in [6.45, 7) is 0.922. The highest BCUT2D eigenvalue weighted by Crippen LogP contribution is 2.34. The fraction of sp³-hybridized carbons (Fsp3) is 0.227. The molecule has 2 N–H and O–H groups in total. The normalized spacial score (nSPS) is 14.7. The number of carbonyl (C=O) groups excluding carboxylic acids is 1. The van der Waals surface area contributed by atoms with Crippen molar-refractivity contribution >= 4 is 28.4 Å². The zero-order valence-electron chi connectivity index (χ0n) is 16.7. The molecule has 0 spiro atoms. The van der Waals surface area contributed by atoms with E-state index < -0.39 is 5.54 Å². The maximum Gasteiger partial charge on any atom is 0.227 e. The topological polar surface area (TPSA) is 116 Å². The summed E-state index contributed by atoms with van der Waals surface area (Å²) < 4.78 is 1.79. The number of amides is 1. The monoisotopic (exact) mass is 412 g/mol. The number of nitrogens with one attached hydrogen (secondary N) is 2. The molecule has 0 unspecified atom stereocenters. The second kappa shape index (κ2) is 7.57. The largest absolute Gasteiger partial charge is 0.346 e. The first-order valence-electron chi connectivity index (χ1n) is 9.96. The number of nitrogens with zero attached hydrogens (tertiary/aromatic N) is 6. The number of carbonyl (C=O) groups is 1. The number of hydrogen-bond acceptors (Lipinski definition) is 6. The molecule has 154 valence electrons. The van der Waals surface area contributed by atoms with Gasteiger partial charge in [-0.15, -0.1) is 0 Å². The number of benzene rings is 1. The van der Waals surface area contributed by atoms with Gasteiger partial charge in [-0.3, -0.25) is 9.48 Å². The molecule has 5 rings (SSSR count). The minimum atomic E-state index is -0.518. The third kappa shape index (κ3) is 3.48. The van der Waals surface area contributed by atoms with Gasteiger partial charge in [-0.1, -0.05) is 30.3 Å². The number of fused-ring (bicyclic) bond motifs is 1. The molecule has 0 aliphatic carbocycles. The second-order valence-electron chi connectivity index (χ2n) is 7.73. The number of likely N-dealkylation sites (tertiary alicyclic amines) is 1. The zero-order chi connectivity index (χ0) is 21.3. The van der Waals surface area contributed by atoms with Crippen molar-refractivity contribution in [3.8, 4) is 6.07 Å². The van der Waals surface area contributed by atoms with E-state index in [4.69, 9.17) is 0 Å². The Hall–Kier alpha value is -4.19. The summed E-state index contributed by atoms with van der Waals surface area (Å²) in [6, 6.07) is 13.8. The van der Waals surface area contributed by atoms with Crippen LogP contribution in [0.25, 0.3) is 11.0 Å². The average molecular weight is 412 g/mol. The molecule has 1 aliphatic rings. The van der Waals surface area contributed by atoms with Gasteiger partial charge in [0.05, 0.1) is 36.2 Å². The minimum Gasteiger partial charge on any atom is -0.346 e. The molecule has 1 saturated heterocycles. The lowest BCUT2D eigenvalue weighted by Gasteiger charge is -2.49. The molecule has 4 aromatic rings. The van der Waals surface area contributed by atoms with Crippen molar-refractivity contribution in [2.45, 2.75) is 18.4 Å². The maximum absolute atomic E-state index is 12.6. The van der Waals surface area contributed by atoms with Crippen LogP contribution < -0.4 is 5.32 Å². The van der Waals surface area contributed by atoms with E-state index in [1.807, 2.05) is 48.8 Å². The van der Waals surface area contributed by atoms with Crippen molar-refractivity contribution in [2.24, 2.45) is 0 Å². The van der Waals surface area contributed by atoms with Gasteiger partial charge in [0.1, 0.15) is 23.3 Å². The Morgan fingerprint density at radius 2 is 2.06 bits per heavy atom. The predicted molar refractivity (Wildman–Crippen MR) is 114 cm³/mol. The summed E-state index contributed by atoms with van der Waals surface area (Å²) in [5.74, 6) is 0.731. The lowest BCUT2D eigenvalue weighted by atomic mass is 9.86. The molecule has 0 atom stereocenters. The van der Waals surface area contributed by atoms with Crippen molar-refractivity contribution in [1.29, 1.82) is 5.26 Å². The Labute approximate surface area is 178 Å². The first-order chi connectivity index (χ1) is 15.2. The minimum absolute atomic E-state index is 0.0566. The molecule has 0 bridgehead atoms. The first-order valence-corrected chi connectivity index (χ1v) is 9.96. The van der Waals surface area contributed by atoms with Crippen molar-refractivity contribution in [3.63, 3.8) is 0 Å². The lowest BCUT2D eigenvalue weighted by molar-refractivity contribution is -0.141. The second-order valence-corrected chi connectivity index (χ2v) is 7.73. The van der Waals surface area contributed by atoms with Gasteiger partial charge in [0, 0.05) is 25.5 Å². The van der Waals surface area contributed by atoms with Crippen molar-refractivity contribution in [2.75, 3.05) is 18.4 Å². The van der Waals surface area contributed by atoms with Gasteiger partial charge in [0.25, 0.3) is 0 Å². The van der Waals surface area contributed by atoms with Gasteiger partial charge in [-0.2, -0.15) is 10.4 Å². The summed E-state index contributed by atoms with van der Waals surface area (Å²) in [5, 5.41) is 18.0. The molecule has 0 radical (unpaired) electrons. The van der Waals surface area contributed by atoms with Gasteiger partial charge in [-0.25, -0.2) is 9.97 Å². The van der Waals surface area contributed by atoms with Crippen LogP contribution in [0.4, 0.5) is 11.5 Å². The SMILES string of the molecule is N#CCC1(n2cc(Nc3ncnc4[nH]ccc34)cn2)CN(C(=O)Cc2ccccc2)C1. The first kappa shape index (κ1) is 18.8. The molecular formula is C22H20N8O. The highest BCUT2D eigenvalue weighted by molar-refractivity contribution is 5.88. The van der Waals surface area contributed by atoms with Gasteiger partial charge in [0.15, 0.2) is 0 Å². The van der Waals surface area contributed by atoms with Crippen LogP contribution in [0, 0.1) is 11.3 Å². The third-order valence-corrected chi connectivity index (χ3v) is 5.61. The van der Waals surface area contributed by atoms with E-state index in [2.05, 4.69) is 31.4 Å². The summed E-state index contributed by atoms with van der Waals surface area (Å²) in [7, 11) is 0. The van der Waals surface area contributed by atoms with E-state index in [9.17, 15) is 10.1 Å². The van der Waals surface area contributed by atoms with Gasteiger partial charge in [0.2, 0.25) is 5.91 Å². The standard InChI is InChI=1S/C22H20N8O/c23-8-7-22(13-29(14-22)19(31)10-16-4-2-1-3-5-16)30-12-17(11-27-30)28-21-18-6-9-24-20(18)25-15-26-21/h1-6,9,11-12,15H,7,10,13-14H2,(H2,24,25,26,28). The van der Waals surface area contributed by atoms with E-state index >= 15 is 0 Å². The number of H-pyrrole nitrogens is 1. The molecule has 31 heavy (non-hydrogen) atoms. The summed E-state index contributed by atoms with van der Waals surface area (Å²) in [5.41, 5.74) is 1.97. The highest BCUT2D eigenvalue weighted by Gasteiger charge is 2.47. The van der Waals surface area contributed by atoms with Crippen LogP contribution >= 0.6 is 0 Å². The lowest BCUT2D eigenvalue weighted by Crippen LogP contribution is -2.64.